The average molecular weight is 282 g/mol. The van der Waals surface area contributed by atoms with Gasteiger partial charge in [0.1, 0.15) is 6.54 Å². The summed E-state index contributed by atoms with van der Waals surface area (Å²) >= 11 is 1.71. The van der Waals surface area contributed by atoms with Crippen molar-refractivity contribution in [3.8, 4) is 0 Å². The van der Waals surface area contributed by atoms with Gasteiger partial charge in [-0.2, -0.15) is 24.9 Å². The van der Waals surface area contributed by atoms with Gasteiger partial charge in [0.05, 0.1) is 0 Å². The lowest BCUT2D eigenvalue weighted by molar-refractivity contribution is -0.160. The Hall–Kier alpha value is -0.690. The summed E-state index contributed by atoms with van der Waals surface area (Å²) in [6.45, 7) is 2.89. The Balaban J connectivity index is 2.50. The van der Waals surface area contributed by atoms with Crippen molar-refractivity contribution in [3.05, 3.63) is 12.7 Å². The number of carbonyl (C=O) groups is 1. The van der Waals surface area contributed by atoms with Gasteiger partial charge in [-0.3, -0.25) is 4.79 Å². The minimum Gasteiger partial charge on any atom is -0.330 e. The molecular formula is C11H17F3N2OS. The minimum atomic E-state index is -4.37. The third-order valence-electron chi connectivity index (χ3n) is 2.49. The number of hydrogen-bond donors (Lipinski definition) is 1. The van der Waals surface area contributed by atoms with Crippen molar-refractivity contribution >= 4 is 17.7 Å². The fourth-order valence-corrected chi connectivity index (χ4v) is 2.67. The summed E-state index contributed by atoms with van der Waals surface area (Å²) in [5.74, 6) is 1.26. The van der Waals surface area contributed by atoms with E-state index in [1.54, 1.807) is 11.8 Å². The molecule has 1 fully saturated rings. The predicted molar refractivity (Wildman–Crippen MR) is 66.6 cm³/mol. The van der Waals surface area contributed by atoms with E-state index in [1.165, 1.54) is 6.08 Å². The number of carbonyl (C=O) groups excluding carboxylic acids is 1. The van der Waals surface area contributed by atoms with E-state index in [0.29, 0.717) is 0 Å². The fraction of sp³-hybridized carbons (Fsp3) is 0.727. The molecule has 0 aromatic carbocycles. The number of thioether (sulfide) groups is 1. The lowest BCUT2D eigenvalue weighted by atomic mass is 10.2. The van der Waals surface area contributed by atoms with E-state index in [-0.39, 0.29) is 19.0 Å². The van der Waals surface area contributed by atoms with Crippen LogP contribution in [0, 0.1) is 0 Å². The number of nitrogens with one attached hydrogen (secondary N) is 1. The normalized spacial score (nSPS) is 20.5. The molecule has 1 heterocycles. The monoisotopic (exact) mass is 282 g/mol. The maximum Gasteiger partial charge on any atom is 0.406 e. The molecule has 1 rings (SSSR count). The van der Waals surface area contributed by atoms with E-state index in [0.717, 1.165) is 23.0 Å². The summed E-state index contributed by atoms with van der Waals surface area (Å²) < 4.78 is 37.0. The third-order valence-corrected chi connectivity index (χ3v) is 3.62. The zero-order valence-electron chi connectivity index (χ0n) is 10.0. The first-order valence-corrected chi connectivity index (χ1v) is 6.84. The highest BCUT2D eigenvalue weighted by molar-refractivity contribution is 7.99. The predicted octanol–water partition coefficient (Wildman–Crippen LogP) is 1.66. The highest BCUT2D eigenvalue weighted by Gasteiger charge is 2.33. The van der Waals surface area contributed by atoms with Crippen LogP contribution < -0.4 is 5.32 Å². The first kappa shape index (κ1) is 15.4. The van der Waals surface area contributed by atoms with E-state index in [4.69, 9.17) is 0 Å². The number of alkyl halides is 3. The minimum absolute atomic E-state index is 0.0307. The Morgan fingerprint density at radius 2 is 2.28 bits per heavy atom. The second-order valence-corrected chi connectivity index (χ2v) is 5.26. The lowest BCUT2D eigenvalue weighted by Gasteiger charge is -2.27. The van der Waals surface area contributed by atoms with Crippen LogP contribution in [0.25, 0.3) is 0 Å². The molecule has 1 N–H and O–H groups in total. The molecule has 104 valence electrons. The second kappa shape index (κ2) is 7.04. The van der Waals surface area contributed by atoms with Crippen molar-refractivity contribution in [2.45, 2.75) is 18.6 Å². The summed E-state index contributed by atoms with van der Waals surface area (Å²) in [4.78, 5) is 12.6. The maximum absolute atomic E-state index is 12.3. The molecule has 1 aliphatic rings. The molecule has 3 nitrogen and oxygen atoms in total. The van der Waals surface area contributed by atoms with Crippen LogP contribution >= 0.6 is 11.8 Å². The number of nitrogens with zero attached hydrogens (tertiary/aromatic N) is 1. The zero-order chi connectivity index (χ0) is 13.6. The number of rotatable bonds is 5. The second-order valence-electron chi connectivity index (χ2n) is 4.11. The molecular weight excluding hydrogens is 265 g/mol. The largest absolute Gasteiger partial charge is 0.406 e. The van der Waals surface area contributed by atoms with Gasteiger partial charge in [0.15, 0.2) is 0 Å². The van der Waals surface area contributed by atoms with Gasteiger partial charge in [-0.15, -0.1) is 6.58 Å². The van der Waals surface area contributed by atoms with Gasteiger partial charge in [-0.25, -0.2) is 0 Å². The standard InChI is InChI=1S/C11H17F3N2OS/c1-2-4-16(8-11(12,13)14)10(17)6-9-7-18-5-3-15-9/h2,9,15H,1,3-8H2. The summed E-state index contributed by atoms with van der Waals surface area (Å²) in [6, 6.07) is -0.0307. The van der Waals surface area contributed by atoms with E-state index in [1.807, 2.05) is 0 Å². The number of amides is 1. The molecule has 0 aromatic heterocycles. The van der Waals surface area contributed by atoms with Crippen molar-refractivity contribution in [2.75, 3.05) is 31.1 Å². The van der Waals surface area contributed by atoms with Gasteiger partial charge in [-0.05, 0) is 0 Å². The van der Waals surface area contributed by atoms with Gasteiger partial charge in [0, 0.05) is 37.1 Å². The maximum atomic E-state index is 12.3. The Labute approximate surface area is 109 Å². The van der Waals surface area contributed by atoms with Crippen LogP contribution in [0.1, 0.15) is 6.42 Å². The quantitative estimate of drug-likeness (QED) is 0.778. The molecule has 0 aliphatic carbocycles. The van der Waals surface area contributed by atoms with Crippen molar-refractivity contribution in [1.82, 2.24) is 10.2 Å². The molecule has 0 saturated carbocycles. The summed E-state index contributed by atoms with van der Waals surface area (Å²) in [6.07, 6.45) is -2.95. The lowest BCUT2D eigenvalue weighted by Crippen LogP contribution is -2.45. The van der Waals surface area contributed by atoms with Crippen molar-refractivity contribution < 1.29 is 18.0 Å². The molecule has 1 aliphatic heterocycles. The summed E-state index contributed by atoms with van der Waals surface area (Å²) in [7, 11) is 0. The molecule has 7 heteroatoms. The molecule has 18 heavy (non-hydrogen) atoms. The number of hydrogen-bond acceptors (Lipinski definition) is 3. The summed E-state index contributed by atoms with van der Waals surface area (Å²) in [5, 5.41) is 3.13. The zero-order valence-corrected chi connectivity index (χ0v) is 10.8. The Morgan fingerprint density at radius 1 is 1.56 bits per heavy atom. The van der Waals surface area contributed by atoms with Gasteiger partial charge >= 0.3 is 6.18 Å². The Morgan fingerprint density at radius 3 is 2.78 bits per heavy atom. The van der Waals surface area contributed by atoms with E-state index >= 15 is 0 Å². The first-order chi connectivity index (χ1) is 8.42. The van der Waals surface area contributed by atoms with Crippen LogP contribution in [0.2, 0.25) is 0 Å². The van der Waals surface area contributed by atoms with Crippen molar-refractivity contribution in [2.24, 2.45) is 0 Å². The summed E-state index contributed by atoms with van der Waals surface area (Å²) in [5.41, 5.74) is 0. The molecule has 1 atom stereocenters. The van der Waals surface area contributed by atoms with Crippen molar-refractivity contribution in [1.29, 1.82) is 0 Å². The first-order valence-electron chi connectivity index (χ1n) is 5.69. The molecule has 1 saturated heterocycles. The molecule has 0 radical (unpaired) electrons. The highest BCUT2D eigenvalue weighted by Crippen LogP contribution is 2.18. The SMILES string of the molecule is C=CCN(CC(F)(F)F)C(=O)CC1CSCCN1. The molecule has 0 aromatic rings. The van der Waals surface area contributed by atoms with E-state index in [2.05, 4.69) is 11.9 Å². The fourth-order valence-electron chi connectivity index (χ4n) is 1.72. The van der Waals surface area contributed by atoms with Crippen LogP contribution in [-0.4, -0.2) is 54.2 Å². The van der Waals surface area contributed by atoms with Crippen LogP contribution in [0.15, 0.2) is 12.7 Å². The highest BCUT2D eigenvalue weighted by atomic mass is 32.2. The van der Waals surface area contributed by atoms with Gasteiger partial charge < -0.3 is 10.2 Å². The van der Waals surface area contributed by atoms with Gasteiger partial charge in [0.2, 0.25) is 5.91 Å². The Bertz CT molecular complexity index is 291. The van der Waals surface area contributed by atoms with Crippen molar-refractivity contribution in [3.63, 3.8) is 0 Å². The molecule has 0 bridgehead atoms. The van der Waals surface area contributed by atoms with Gasteiger partial charge in [0.25, 0.3) is 0 Å². The molecule has 1 unspecified atom stereocenters. The average Bonchev–Trinajstić information content (AvgIpc) is 2.28. The number of halogens is 3. The van der Waals surface area contributed by atoms with E-state index in [9.17, 15) is 18.0 Å². The molecule has 0 spiro atoms. The molecule has 1 amide bonds. The van der Waals surface area contributed by atoms with Gasteiger partial charge in [-0.1, -0.05) is 6.08 Å². The smallest absolute Gasteiger partial charge is 0.330 e. The van der Waals surface area contributed by atoms with Crippen LogP contribution in [0.3, 0.4) is 0 Å². The third kappa shape index (κ3) is 5.77. The van der Waals surface area contributed by atoms with E-state index < -0.39 is 18.6 Å². The Kier molecular flexibility index (Phi) is 6.01. The van der Waals surface area contributed by atoms with Crippen LogP contribution in [-0.2, 0) is 4.79 Å². The van der Waals surface area contributed by atoms with Crippen LogP contribution in [0.4, 0.5) is 13.2 Å². The topological polar surface area (TPSA) is 32.3 Å². The van der Waals surface area contributed by atoms with Crippen LogP contribution in [0.5, 0.6) is 0 Å².